The lowest BCUT2D eigenvalue weighted by Crippen LogP contribution is -2.42. The van der Waals surface area contributed by atoms with Crippen molar-refractivity contribution >= 4 is 28.8 Å². The second kappa shape index (κ2) is 7.53. The van der Waals surface area contributed by atoms with Crippen molar-refractivity contribution in [1.82, 2.24) is 4.90 Å². The lowest BCUT2D eigenvalue weighted by molar-refractivity contribution is -0.148. The molecule has 0 aliphatic carbocycles. The van der Waals surface area contributed by atoms with Crippen LogP contribution in [0.3, 0.4) is 0 Å². The largest absolute Gasteiger partial charge is 0.480 e. The molecule has 0 radical (unpaired) electrons. The van der Waals surface area contributed by atoms with E-state index in [1.807, 2.05) is 0 Å². The number of aliphatic carboxylic acids is 1. The van der Waals surface area contributed by atoms with E-state index in [0.29, 0.717) is 13.0 Å². The van der Waals surface area contributed by atoms with Crippen LogP contribution in [0.15, 0.2) is 0 Å². The molecule has 0 aromatic rings. The highest BCUT2D eigenvalue weighted by molar-refractivity contribution is 8.14. The van der Waals surface area contributed by atoms with Crippen molar-refractivity contribution in [3.63, 3.8) is 0 Å². The van der Waals surface area contributed by atoms with Gasteiger partial charge in [0.25, 0.3) is 0 Å². The number of carboxylic acids is 1. The van der Waals surface area contributed by atoms with Crippen LogP contribution in [-0.2, 0) is 14.4 Å². The maximum Gasteiger partial charge on any atom is 0.326 e. The minimum absolute atomic E-state index is 0.0301. The zero-order chi connectivity index (χ0) is 14.4. The highest BCUT2D eigenvalue weighted by Gasteiger charge is 2.37. The van der Waals surface area contributed by atoms with E-state index in [4.69, 9.17) is 0 Å². The first-order valence-electron chi connectivity index (χ1n) is 6.65. The quantitative estimate of drug-likeness (QED) is 0.724. The van der Waals surface area contributed by atoms with Crippen molar-refractivity contribution in [1.29, 1.82) is 0 Å². The zero-order valence-corrected chi connectivity index (χ0v) is 12.2. The Morgan fingerprint density at radius 1 is 1.47 bits per heavy atom. The van der Waals surface area contributed by atoms with E-state index in [9.17, 15) is 19.5 Å². The Labute approximate surface area is 117 Å². The van der Waals surface area contributed by atoms with E-state index >= 15 is 0 Å². The van der Waals surface area contributed by atoms with Gasteiger partial charge in [0.1, 0.15) is 6.04 Å². The number of nitrogens with zero attached hydrogens (tertiary/aromatic N) is 1. The van der Waals surface area contributed by atoms with E-state index < -0.39 is 12.0 Å². The third-order valence-electron chi connectivity index (χ3n) is 3.20. The number of unbranched alkanes of at least 4 members (excludes halogenated alkanes) is 2. The first kappa shape index (κ1) is 16.0. The second-order valence-corrected chi connectivity index (χ2v) is 6.31. The predicted octanol–water partition coefficient (Wildman–Crippen LogP) is 1.90. The molecule has 2 atom stereocenters. The first-order chi connectivity index (χ1) is 8.95. The summed E-state index contributed by atoms with van der Waals surface area (Å²) in [7, 11) is 0. The maximum absolute atomic E-state index is 11.9. The molecule has 0 bridgehead atoms. The zero-order valence-electron chi connectivity index (χ0n) is 11.4. The normalized spacial score (nSPS) is 20.6. The fourth-order valence-electron chi connectivity index (χ4n) is 2.31. The molecule has 1 unspecified atom stereocenters. The number of likely N-dealkylation sites (tertiary alicyclic amines) is 1. The van der Waals surface area contributed by atoms with Crippen molar-refractivity contribution in [3.8, 4) is 0 Å². The SMILES string of the molecule is CCCCC[C@@H](C(=O)O)N1CC(SC(C)=O)CC1=O. The number of carboxylic acid groups (broad SMARTS) is 1. The molecule has 1 amide bonds. The van der Waals surface area contributed by atoms with Gasteiger partial charge in [0, 0.05) is 25.1 Å². The molecule has 0 aromatic carbocycles. The average Bonchev–Trinajstić information content (AvgIpc) is 2.64. The fourth-order valence-corrected chi connectivity index (χ4v) is 3.24. The van der Waals surface area contributed by atoms with Crippen LogP contribution in [0.4, 0.5) is 0 Å². The summed E-state index contributed by atoms with van der Waals surface area (Å²) in [6.45, 7) is 3.89. The topological polar surface area (TPSA) is 74.7 Å². The van der Waals surface area contributed by atoms with E-state index in [2.05, 4.69) is 6.92 Å². The monoisotopic (exact) mass is 287 g/mol. The molecular formula is C13H21NO4S. The molecule has 1 aliphatic rings. The molecule has 108 valence electrons. The van der Waals surface area contributed by atoms with Crippen LogP contribution in [0.2, 0.25) is 0 Å². The predicted molar refractivity (Wildman–Crippen MR) is 74.0 cm³/mol. The standard InChI is InChI=1S/C13H21NO4S/c1-3-4-5-6-11(13(17)18)14-8-10(7-12(14)16)19-9(2)15/h10-11H,3-8H2,1-2H3,(H,17,18)/t10?,11-/m0/s1. The molecule has 0 spiro atoms. The maximum atomic E-state index is 11.9. The number of rotatable bonds is 7. The molecule has 0 saturated carbocycles. The Balaban J connectivity index is 2.61. The smallest absolute Gasteiger partial charge is 0.326 e. The van der Waals surface area contributed by atoms with Gasteiger partial charge in [-0.2, -0.15) is 0 Å². The molecule has 1 saturated heterocycles. The van der Waals surface area contributed by atoms with Gasteiger partial charge in [-0.05, 0) is 6.42 Å². The Morgan fingerprint density at radius 2 is 2.16 bits per heavy atom. The summed E-state index contributed by atoms with van der Waals surface area (Å²) >= 11 is 1.13. The summed E-state index contributed by atoms with van der Waals surface area (Å²) in [5.74, 6) is -1.10. The molecule has 1 heterocycles. The van der Waals surface area contributed by atoms with Crippen molar-refractivity contribution in [3.05, 3.63) is 0 Å². The molecule has 1 N–H and O–H groups in total. The lowest BCUT2D eigenvalue weighted by Gasteiger charge is -2.24. The Hall–Kier alpha value is -1.04. The molecular weight excluding hydrogens is 266 g/mol. The molecule has 1 rings (SSSR count). The summed E-state index contributed by atoms with van der Waals surface area (Å²) in [6.07, 6.45) is 3.55. The minimum Gasteiger partial charge on any atom is -0.480 e. The van der Waals surface area contributed by atoms with Gasteiger partial charge in [-0.25, -0.2) is 4.79 Å². The number of hydrogen-bond acceptors (Lipinski definition) is 4. The molecule has 19 heavy (non-hydrogen) atoms. The summed E-state index contributed by atoms with van der Waals surface area (Å²) in [5, 5.41) is 9.12. The van der Waals surface area contributed by atoms with Gasteiger partial charge >= 0.3 is 5.97 Å². The van der Waals surface area contributed by atoms with Crippen LogP contribution in [0.25, 0.3) is 0 Å². The van der Waals surface area contributed by atoms with Gasteiger partial charge in [0.2, 0.25) is 5.91 Å². The van der Waals surface area contributed by atoms with Gasteiger partial charge in [-0.1, -0.05) is 37.9 Å². The van der Waals surface area contributed by atoms with Crippen molar-refractivity contribution < 1.29 is 19.5 Å². The summed E-state index contributed by atoms with van der Waals surface area (Å²) in [4.78, 5) is 35.6. The molecule has 1 aliphatic heterocycles. The first-order valence-corrected chi connectivity index (χ1v) is 7.53. The van der Waals surface area contributed by atoms with Crippen LogP contribution in [-0.4, -0.2) is 44.8 Å². The third-order valence-corrected chi connectivity index (χ3v) is 4.18. The lowest BCUT2D eigenvalue weighted by atomic mass is 10.1. The Bertz CT molecular complexity index is 359. The highest BCUT2D eigenvalue weighted by Crippen LogP contribution is 2.27. The minimum atomic E-state index is -0.946. The summed E-state index contributed by atoms with van der Waals surface area (Å²) < 4.78 is 0. The van der Waals surface area contributed by atoms with Crippen LogP contribution >= 0.6 is 11.8 Å². The average molecular weight is 287 g/mol. The number of hydrogen-bond donors (Lipinski definition) is 1. The van der Waals surface area contributed by atoms with Gasteiger partial charge in [-0.3, -0.25) is 9.59 Å². The van der Waals surface area contributed by atoms with Gasteiger partial charge in [0.15, 0.2) is 5.12 Å². The van der Waals surface area contributed by atoms with Gasteiger partial charge in [-0.15, -0.1) is 0 Å². The number of amides is 1. The number of carbonyl (C=O) groups excluding carboxylic acids is 2. The molecule has 5 nitrogen and oxygen atoms in total. The van der Waals surface area contributed by atoms with Crippen molar-refractivity contribution in [2.45, 2.75) is 57.2 Å². The second-order valence-electron chi connectivity index (χ2n) is 4.83. The summed E-state index contributed by atoms with van der Waals surface area (Å²) in [5.41, 5.74) is 0. The van der Waals surface area contributed by atoms with Gasteiger partial charge in [0.05, 0.1) is 0 Å². The van der Waals surface area contributed by atoms with Crippen molar-refractivity contribution in [2.75, 3.05) is 6.54 Å². The van der Waals surface area contributed by atoms with Crippen LogP contribution in [0.1, 0.15) is 46.0 Å². The fraction of sp³-hybridized carbons (Fsp3) is 0.769. The summed E-state index contributed by atoms with van der Waals surface area (Å²) in [6, 6.07) is -0.739. The Kier molecular flexibility index (Phi) is 6.34. The van der Waals surface area contributed by atoms with Crippen LogP contribution < -0.4 is 0 Å². The molecule has 0 aromatic heterocycles. The van der Waals surface area contributed by atoms with E-state index in [-0.39, 0.29) is 22.7 Å². The molecule has 1 fully saturated rings. The van der Waals surface area contributed by atoms with Gasteiger partial charge < -0.3 is 10.0 Å². The van der Waals surface area contributed by atoms with Crippen LogP contribution in [0.5, 0.6) is 0 Å². The van der Waals surface area contributed by atoms with Crippen LogP contribution in [0, 0.1) is 0 Å². The Morgan fingerprint density at radius 3 is 2.68 bits per heavy atom. The number of carbonyl (C=O) groups is 3. The van der Waals surface area contributed by atoms with E-state index in [1.165, 1.54) is 11.8 Å². The van der Waals surface area contributed by atoms with E-state index in [0.717, 1.165) is 31.0 Å². The molecule has 6 heteroatoms. The van der Waals surface area contributed by atoms with E-state index in [1.54, 1.807) is 0 Å². The third kappa shape index (κ3) is 4.86. The van der Waals surface area contributed by atoms with Crippen molar-refractivity contribution in [2.24, 2.45) is 0 Å². The number of thioether (sulfide) groups is 1. The highest BCUT2D eigenvalue weighted by atomic mass is 32.2.